The van der Waals surface area contributed by atoms with Gasteiger partial charge >= 0.3 is 0 Å². The summed E-state index contributed by atoms with van der Waals surface area (Å²) in [5.74, 6) is 0.0918. The lowest BCUT2D eigenvalue weighted by Gasteiger charge is -2.19. The molecule has 0 aliphatic heterocycles. The van der Waals surface area contributed by atoms with Crippen molar-refractivity contribution in [1.82, 2.24) is 9.78 Å². The summed E-state index contributed by atoms with van der Waals surface area (Å²) in [5.41, 5.74) is 0.361. The number of ether oxygens (including phenoxy) is 1. The Morgan fingerprint density at radius 2 is 2.06 bits per heavy atom. The van der Waals surface area contributed by atoms with Gasteiger partial charge in [-0.05, 0) is 12.8 Å². The van der Waals surface area contributed by atoms with E-state index >= 15 is 0 Å². The second-order valence-electron chi connectivity index (χ2n) is 4.26. The number of methoxy groups -OCH3 is 1. The summed E-state index contributed by atoms with van der Waals surface area (Å²) >= 11 is 0. The van der Waals surface area contributed by atoms with Gasteiger partial charge in [-0.25, -0.2) is 0 Å². The van der Waals surface area contributed by atoms with E-state index in [-0.39, 0.29) is 11.7 Å². The topological polar surface area (TPSA) is 64.3 Å². The van der Waals surface area contributed by atoms with Crippen LogP contribution in [0.2, 0.25) is 0 Å². The fourth-order valence-corrected chi connectivity index (χ4v) is 2.10. The maximum absolute atomic E-state index is 12.3. The van der Waals surface area contributed by atoms with E-state index in [1.807, 2.05) is 20.8 Å². The normalized spacial score (nSPS) is 12.8. The molecule has 1 unspecified atom stereocenters. The van der Waals surface area contributed by atoms with Gasteiger partial charge in [0.05, 0.1) is 13.3 Å². The molecule has 0 aliphatic rings. The summed E-state index contributed by atoms with van der Waals surface area (Å²) in [7, 11) is 1.50. The zero-order chi connectivity index (χ0) is 13.7. The zero-order valence-electron chi connectivity index (χ0n) is 11.5. The van der Waals surface area contributed by atoms with Crippen LogP contribution in [0.1, 0.15) is 44.1 Å². The summed E-state index contributed by atoms with van der Waals surface area (Å²) in [6.07, 6.45) is 2.06. The van der Waals surface area contributed by atoms with Crippen LogP contribution in [0.3, 0.4) is 0 Å². The van der Waals surface area contributed by atoms with Gasteiger partial charge < -0.3 is 9.84 Å². The molecule has 1 aromatic heterocycles. The lowest BCUT2D eigenvalue weighted by molar-refractivity contribution is 0.0573. The van der Waals surface area contributed by atoms with Gasteiger partial charge in [0.1, 0.15) is 11.8 Å². The van der Waals surface area contributed by atoms with E-state index in [1.54, 1.807) is 4.68 Å². The number of aryl methyl sites for hydroxylation is 1. The van der Waals surface area contributed by atoms with Crippen LogP contribution in [0.15, 0.2) is 6.20 Å². The maximum atomic E-state index is 12.3. The number of aromatic nitrogens is 2. The van der Waals surface area contributed by atoms with Crippen molar-refractivity contribution in [1.29, 1.82) is 0 Å². The van der Waals surface area contributed by atoms with Crippen LogP contribution in [-0.2, 0) is 6.54 Å². The molecule has 0 saturated carbocycles. The summed E-state index contributed by atoms with van der Waals surface area (Å²) < 4.78 is 6.69. The van der Waals surface area contributed by atoms with Gasteiger partial charge in [0.2, 0.25) is 5.78 Å². The highest BCUT2D eigenvalue weighted by atomic mass is 16.5. The fraction of sp³-hybridized carbons (Fsp3) is 0.692. The Kier molecular flexibility index (Phi) is 5.34. The Hall–Kier alpha value is -1.36. The first-order valence-electron chi connectivity index (χ1n) is 6.42. The molecule has 0 aliphatic carbocycles. The monoisotopic (exact) mass is 254 g/mol. The molecule has 5 nitrogen and oxygen atoms in total. The highest BCUT2D eigenvalue weighted by Crippen LogP contribution is 2.23. The van der Waals surface area contributed by atoms with Gasteiger partial charge in [-0.3, -0.25) is 9.48 Å². The molecule has 0 saturated heterocycles. The van der Waals surface area contributed by atoms with Crippen LogP contribution in [0.4, 0.5) is 0 Å². The third kappa shape index (κ3) is 2.72. The van der Waals surface area contributed by atoms with E-state index in [1.165, 1.54) is 13.3 Å². The van der Waals surface area contributed by atoms with Crippen molar-refractivity contribution in [2.45, 2.75) is 46.3 Å². The lowest BCUT2D eigenvalue weighted by Crippen LogP contribution is -2.31. The Morgan fingerprint density at radius 3 is 2.50 bits per heavy atom. The molecule has 1 heterocycles. The van der Waals surface area contributed by atoms with E-state index in [4.69, 9.17) is 4.74 Å². The smallest absolute Gasteiger partial charge is 0.213 e. The third-order valence-corrected chi connectivity index (χ3v) is 3.32. The minimum atomic E-state index is -0.990. The minimum Gasteiger partial charge on any atom is -0.493 e. The maximum Gasteiger partial charge on any atom is 0.213 e. The molecule has 0 aromatic carbocycles. The van der Waals surface area contributed by atoms with Crippen molar-refractivity contribution in [2.75, 3.05) is 7.11 Å². The molecule has 0 fully saturated rings. The predicted molar refractivity (Wildman–Crippen MR) is 68.9 cm³/mol. The largest absolute Gasteiger partial charge is 0.493 e. The van der Waals surface area contributed by atoms with Crippen LogP contribution in [0, 0.1) is 5.92 Å². The molecule has 0 amide bonds. The van der Waals surface area contributed by atoms with Crippen molar-refractivity contribution in [3.8, 4) is 5.75 Å². The number of aliphatic hydroxyl groups excluding tert-OH is 1. The summed E-state index contributed by atoms with van der Waals surface area (Å²) in [6, 6.07) is 0. The van der Waals surface area contributed by atoms with Gasteiger partial charge in [-0.2, -0.15) is 5.10 Å². The van der Waals surface area contributed by atoms with Crippen LogP contribution in [-0.4, -0.2) is 33.9 Å². The predicted octanol–water partition coefficient (Wildman–Crippen LogP) is 1.89. The standard InChI is InChI=1S/C13H22N2O3/c1-5-9(6-2)12(16)13(17)11-10(18-4)8-14-15(11)7-3/h8-9,12,16H,5-7H2,1-4H3. The van der Waals surface area contributed by atoms with Crippen molar-refractivity contribution < 1.29 is 14.6 Å². The Morgan fingerprint density at radius 1 is 1.44 bits per heavy atom. The van der Waals surface area contributed by atoms with E-state index in [2.05, 4.69) is 5.10 Å². The SMILES string of the molecule is CCC(CC)C(O)C(=O)c1c(OC)cnn1CC. The van der Waals surface area contributed by atoms with Crippen molar-refractivity contribution >= 4 is 5.78 Å². The summed E-state index contributed by atoms with van der Waals surface area (Å²) in [4.78, 5) is 12.3. The molecule has 1 atom stereocenters. The number of carbonyl (C=O) groups is 1. The number of aliphatic hydroxyl groups is 1. The fourth-order valence-electron chi connectivity index (χ4n) is 2.10. The van der Waals surface area contributed by atoms with Crippen LogP contribution in [0.5, 0.6) is 5.75 Å². The Bertz CT molecular complexity index is 375. The van der Waals surface area contributed by atoms with Gasteiger partial charge in [0.15, 0.2) is 5.75 Å². The molecule has 0 radical (unpaired) electrons. The molecule has 5 heteroatoms. The number of hydrogen-bond acceptors (Lipinski definition) is 4. The van der Waals surface area contributed by atoms with Crippen molar-refractivity contribution in [3.63, 3.8) is 0 Å². The number of nitrogens with zero attached hydrogens (tertiary/aromatic N) is 2. The minimum absolute atomic E-state index is 0.0255. The molecule has 18 heavy (non-hydrogen) atoms. The number of hydrogen-bond donors (Lipinski definition) is 1. The molecular weight excluding hydrogens is 232 g/mol. The third-order valence-electron chi connectivity index (χ3n) is 3.32. The quantitative estimate of drug-likeness (QED) is 0.755. The van der Waals surface area contributed by atoms with E-state index in [0.717, 1.165) is 12.8 Å². The zero-order valence-corrected chi connectivity index (χ0v) is 11.5. The molecular formula is C13H22N2O3. The van der Waals surface area contributed by atoms with Gasteiger partial charge in [0.25, 0.3) is 0 Å². The van der Waals surface area contributed by atoms with E-state index in [9.17, 15) is 9.90 Å². The van der Waals surface area contributed by atoms with Crippen LogP contribution < -0.4 is 4.74 Å². The second-order valence-corrected chi connectivity index (χ2v) is 4.26. The van der Waals surface area contributed by atoms with Gasteiger partial charge in [0, 0.05) is 6.54 Å². The first kappa shape index (κ1) is 14.7. The number of rotatable bonds is 7. The van der Waals surface area contributed by atoms with Crippen molar-refractivity contribution in [3.05, 3.63) is 11.9 Å². The average Bonchev–Trinajstić information content (AvgIpc) is 2.81. The van der Waals surface area contributed by atoms with Gasteiger partial charge in [-0.15, -0.1) is 0 Å². The highest BCUT2D eigenvalue weighted by Gasteiger charge is 2.29. The first-order chi connectivity index (χ1) is 8.60. The number of ketones is 1. The first-order valence-corrected chi connectivity index (χ1v) is 6.42. The van der Waals surface area contributed by atoms with Crippen LogP contribution >= 0.6 is 0 Å². The van der Waals surface area contributed by atoms with E-state index < -0.39 is 6.10 Å². The highest BCUT2D eigenvalue weighted by molar-refractivity contribution is 6.00. The van der Waals surface area contributed by atoms with E-state index in [0.29, 0.717) is 18.0 Å². The Labute approximate surface area is 108 Å². The van der Waals surface area contributed by atoms with Crippen molar-refractivity contribution in [2.24, 2.45) is 5.92 Å². The Balaban J connectivity index is 3.05. The molecule has 0 bridgehead atoms. The second kappa shape index (κ2) is 6.54. The lowest BCUT2D eigenvalue weighted by atomic mass is 9.92. The molecule has 102 valence electrons. The molecule has 1 aromatic rings. The average molecular weight is 254 g/mol. The molecule has 1 N–H and O–H groups in total. The number of carbonyl (C=O) groups excluding carboxylic acids is 1. The van der Waals surface area contributed by atoms with Gasteiger partial charge in [-0.1, -0.05) is 26.7 Å². The van der Waals surface area contributed by atoms with Crippen LogP contribution in [0.25, 0.3) is 0 Å². The summed E-state index contributed by atoms with van der Waals surface area (Å²) in [6.45, 7) is 6.41. The number of Topliss-reactive ketones (excluding diaryl/α,β-unsaturated/α-hetero) is 1. The molecule has 0 spiro atoms. The molecule has 1 rings (SSSR count). The summed E-state index contributed by atoms with van der Waals surface area (Å²) in [5, 5.41) is 14.2.